The number of benzene rings is 3. The maximum atomic E-state index is 14.4. The van der Waals surface area contributed by atoms with Crippen LogP contribution in [0.25, 0.3) is 45.8 Å². The summed E-state index contributed by atoms with van der Waals surface area (Å²) in [6, 6.07) is 17.6. The van der Waals surface area contributed by atoms with Crippen LogP contribution in [-0.4, -0.2) is 64.1 Å². The third kappa shape index (κ3) is 7.67. The number of alkyl halides is 3. The number of pyridine rings is 1. The summed E-state index contributed by atoms with van der Waals surface area (Å²) in [6.45, 7) is 5.39. The van der Waals surface area contributed by atoms with Crippen molar-refractivity contribution in [1.82, 2.24) is 19.8 Å². The van der Waals surface area contributed by atoms with Gasteiger partial charge in [-0.15, -0.1) is 0 Å². The summed E-state index contributed by atoms with van der Waals surface area (Å²) < 4.78 is 54.9. The van der Waals surface area contributed by atoms with Gasteiger partial charge in [0.2, 0.25) is 5.89 Å². The summed E-state index contributed by atoms with van der Waals surface area (Å²) in [4.78, 5) is 24.7. The second kappa shape index (κ2) is 15.4. The Balaban J connectivity index is 1.21. The molecule has 0 radical (unpaired) electrons. The number of aromatic nitrogens is 2. The topological polar surface area (TPSA) is 140 Å². The van der Waals surface area contributed by atoms with E-state index in [-0.39, 0.29) is 22.7 Å². The largest absolute Gasteiger partial charge is 0.496 e. The minimum atomic E-state index is -4.63. The van der Waals surface area contributed by atoms with Crippen LogP contribution in [0.15, 0.2) is 59.1 Å². The van der Waals surface area contributed by atoms with Gasteiger partial charge in [0.1, 0.15) is 23.4 Å². The van der Waals surface area contributed by atoms with Crippen molar-refractivity contribution in [3.63, 3.8) is 0 Å². The number of ether oxygens (including phenoxy) is 1. The molecule has 2 aliphatic rings. The minimum absolute atomic E-state index is 0.107. The van der Waals surface area contributed by atoms with Gasteiger partial charge in [-0.05, 0) is 111 Å². The lowest BCUT2D eigenvalue weighted by Gasteiger charge is -2.20. The Labute approximate surface area is 315 Å². The van der Waals surface area contributed by atoms with Crippen LogP contribution in [0.3, 0.4) is 0 Å². The van der Waals surface area contributed by atoms with Gasteiger partial charge in [0.15, 0.2) is 5.58 Å². The zero-order chi connectivity index (χ0) is 38.9. The van der Waals surface area contributed by atoms with Gasteiger partial charge < -0.3 is 14.3 Å². The van der Waals surface area contributed by atoms with Gasteiger partial charge in [-0.25, -0.2) is 4.98 Å². The maximum absolute atomic E-state index is 14.4. The van der Waals surface area contributed by atoms with Gasteiger partial charge in [-0.2, -0.15) is 23.7 Å². The van der Waals surface area contributed by atoms with Crippen molar-refractivity contribution in [2.45, 2.75) is 45.5 Å². The second-order valence-corrected chi connectivity index (χ2v) is 14.0. The van der Waals surface area contributed by atoms with Crippen LogP contribution in [0.2, 0.25) is 0 Å². The smallest absolute Gasteiger partial charge is 0.417 e. The summed E-state index contributed by atoms with van der Waals surface area (Å²) in [5.74, 6) is -0.614. The first-order valence-electron chi connectivity index (χ1n) is 17.9. The molecule has 0 bridgehead atoms. The van der Waals surface area contributed by atoms with Gasteiger partial charge in [0.05, 0.1) is 35.4 Å². The fraction of sp³-hybridized carbons (Fsp3) is 0.310. The maximum Gasteiger partial charge on any atom is 0.417 e. The molecule has 1 N–H and O–H groups in total. The molecule has 0 amide bonds. The number of nitrogens with zero attached hydrogens (tertiary/aromatic N) is 6. The summed E-state index contributed by atoms with van der Waals surface area (Å²) >= 11 is 0. The number of carboxylic acid groups (broad SMARTS) is 1. The van der Waals surface area contributed by atoms with Crippen LogP contribution in [0.1, 0.15) is 63.9 Å². The lowest BCUT2D eigenvalue weighted by Crippen LogP contribution is -2.22. The molecule has 10 nitrogen and oxygen atoms in total. The Morgan fingerprint density at radius 1 is 1.02 bits per heavy atom. The summed E-state index contributed by atoms with van der Waals surface area (Å²) in [5, 5.41) is 29.7. The van der Waals surface area contributed by atoms with Gasteiger partial charge in [-0.3, -0.25) is 19.6 Å². The number of rotatable bonds is 10. The Kier molecular flexibility index (Phi) is 10.4. The van der Waals surface area contributed by atoms with E-state index in [2.05, 4.69) is 22.0 Å². The first-order valence-corrected chi connectivity index (χ1v) is 17.9. The number of fused-ring (bicyclic) bond motifs is 1. The number of hydrogen-bond acceptors (Lipinski definition) is 9. The standard InChI is InChI=1S/C42H37F3N6O4/c1-25-31(6-5-7-32(25)40-49-37-17-26(16-29(20-46)39(37)55-40)22-51-15-11-28(23-51)41(52)53)33-10-12-48-36(34(33)21-47)9-8-27-19-38(54-2)30(18-35(27)42(43,44)45)24-50-13-3-4-14-50/h5-10,12,16-19,28H,3-4,11,13-15,22-24H2,1-2H3,(H,52,53)/b9-8+/t28-/m1/s1. The Hall–Kier alpha value is -6.02. The zero-order valence-electron chi connectivity index (χ0n) is 30.3. The molecule has 0 aliphatic carbocycles. The van der Waals surface area contributed by atoms with E-state index in [9.17, 15) is 33.6 Å². The van der Waals surface area contributed by atoms with E-state index < -0.39 is 23.6 Å². The van der Waals surface area contributed by atoms with Crippen molar-refractivity contribution in [3.8, 4) is 40.5 Å². The zero-order valence-corrected chi connectivity index (χ0v) is 30.3. The predicted molar refractivity (Wildman–Crippen MR) is 199 cm³/mol. The highest BCUT2D eigenvalue weighted by Crippen LogP contribution is 2.39. The Bertz CT molecular complexity index is 2400. The number of carboxylic acids is 1. The molecule has 13 heteroatoms. The number of methoxy groups -OCH3 is 1. The SMILES string of the molecule is COc1cc(/C=C/c2nccc(-c3cccc(-c4nc5cc(CN6CC[C@@H](C(=O)O)C6)cc(C#N)c5o4)c3C)c2C#N)c(C(F)(F)F)cc1CN1CCCC1. The van der Waals surface area contributed by atoms with E-state index in [1.165, 1.54) is 31.5 Å². The molecular formula is C42H37F3N6O4. The molecule has 1 atom stereocenters. The van der Waals surface area contributed by atoms with Crippen molar-refractivity contribution in [2.24, 2.45) is 5.92 Å². The highest BCUT2D eigenvalue weighted by molar-refractivity contribution is 5.86. The number of hydrogen-bond donors (Lipinski definition) is 1. The lowest BCUT2D eigenvalue weighted by atomic mass is 9.93. The first-order chi connectivity index (χ1) is 26.5. The highest BCUT2D eigenvalue weighted by Gasteiger charge is 2.34. The minimum Gasteiger partial charge on any atom is -0.496 e. The third-order valence-corrected chi connectivity index (χ3v) is 10.4. The lowest BCUT2D eigenvalue weighted by molar-refractivity contribution is -0.141. The molecule has 280 valence electrons. The van der Waals surface area contributed by atoms with Crippen molar-refractivity contribution in [2.75, 3.05) is 33.3 Å². The average Bonchev–Trinajstić information content (AvgIpc) is 3.95. The molecule has 7 rings (SSSR count). The molecule has 0 saturated carbocycles. The van der Waals surface area contributed by atoms with Crippen LogP contribution in [0, 0.1) is 35.5 Å². The molecule has 2 aromatic heterocycles. The van der Waals surface area contributed by atoms with Crippen molar-refractivity contribution in [1.29, 1.82) is 10.5 Å². The predicted octanol–water partition coefficient (Wildman–Crippen LogP) is 8.31. The van der Waals surface area contributed by atoms with Crippen LogP contribution in [0.4, 0.5) is 13.2 Å². The molecule has 55 heavy (non-hydrogen) atoms. The van der Waals surface area contributed by atoms with Crippen LogP contribution >= 0.6 is 0 Å². The van der Waals surface area contributed by atoms with Crippen LogP contribution < -0.4 is 4.74 Å². The summed E-state index contributed by atoms with van der Waals surface area (Å²) in [7, 11) is 1.44. The van der Waals surface area contributed by atoms with E-state index in [4.69, 9.17) is 14.1 Å². The number of oxazole rings is 1. The molecule has 5 aromatic rings. The number of likely N-dealkylation sites (tertiary alicyclic amines) is 2. The molecule has 0 unspecified atom stereocenters. The van der Waals surface area contributed by atoms with Gasteiger partial charge >= 0.3 is 12.1 Å². The summed E-state index contributed by atoms with van der Waals surface area (Å²) in [5.41, 5.74) is 4.38. The molecule has 2 fully saturated rings. The van der Waals surface area contributed by atoms with E-state index in [0.29, 0.717) is 77.3 Å². The molecule has 3 aromatic carbocycles. The number of nitriles is 2. The fourth-order valence-corrected chi connectivity index (χ4v) is 7.61. The second-order valence-electron chi connectivity index (χ2n) is 14.0. The normalized spacial score (nSPS) is 16.5. The molecule has 0 spiro atoms. The molecular weight excluding hydrogens is 709 g/mol. The van der Waals surface area contributed by atoms with Crippen LogP contribution in [-0.2, 0) is 24.1 Å². The Morgan fingerprint density at radius 3 is 2.49 bits per heavy atom. The van der Waals surface area contributed by atoms with Crippen LogP contribution in [0.5, 0.6) is 5.75 Å². The monoisotopic (exact) mass is 746 g/mol. The van der Waals surface area contributed by atoms with E-state index in [0.717, 1.165) is 43.1 Å². The number of aliphatic carboxylic acids is 1. The van der Waals surface area contributed by atoms with E-state index in [1.807, 2.05) is 30.0 Å². The average molecular weight is 747 g/mol. The Morgan fingerprint density at radius 2 is 1.80 bits per heavy atom. The van der Waals surface area contributed by atoms with Crippen molar-refractivity contribution in [3.05, 3.63) is 99.4 Å². The van der Waals surface area contributed by atoms with Gasteiger partial charge in [0.25, 0.3) is 0 Å². The number of carbonyl (C=O) groups is 1. The summed E-state index contributed by atoms with van der Waals surface area (Å²) in [6.07, 6.45) is 2.18. The van der Waals surface area contributed by atoms with E-state index >= 15 is 0 Å². The van der Waals surface area contributed by atoms with Gasteiger partial charge in [0, 0.05) is 42.5 Å². The van der Waals surface area contributed by atoms with E-state index in [1.54, 1.807) is 18.2 Å². The highest BCUT2D eigenvalue weighted by atomic mass is 19.4. The van der Waals surface area contributed by atoms with Crippen molar-refractivity contribution < 1.29 is 32.2 Å². The quantitative estimate of drug-likeness (QED) is 0.148. The fourth-order valence-electron chi connectivity index (χ4n) is 7.61. The number of halogens is 3. The molecule has 4 heterocycles. The third-order valence-electron chi connectivity index (χ3n) is 10.4. The van der Waals surface area contributed by atoms with Gasteiger partial charge in [-0.1, -0.05) is 18.2 Å². The van der Waals surface area contributed by atoms with Crippen molar-refractivity contribution >= 4 is 29.2 Å². The molecule has 2 aliphatic heterocycles. The first kappa shape index (κ1) is 37.3. The molecule has 2 saturated heterocycles.